The molecule has 146 valence electrons. The topological polar surface area (TPSA) is 55.8 Å². The maximum Gasteiger partial charge on any atom is 0.227 e. The number of benzene rings is 2. The Bertz CT molecular complexity index is 884. The van der Waals surface area contributed by atoms with Crippen LogP contribution in [-0.4, -0.2) is 31.4 Å². The summed E-state index contributed by atoms with van der Waals surface area (Å²) in [4.78, 5) is 26.2. The van der Waals surface area contributed by atoms with Crippen molar-refractivity contribution >= 4 is 23.5 Å². The number of hydrogen-bond acceptors (Lipinski definition) is 4. The van der Waals surface area contributed by atoms with E-state index in [1.807, 2.05) is 44.2 Å². The Morgan fingerprint density at radius 3 is 2.50 bits per heavy atom. The molecule has 0 N–H and O–H groups in total. The van der Waals surface area contributed by atoms with Gasteiger partial charge in [-0.3, -0.25) is 9.59 Å². The second-order valence-electron chi connectivity index (χ2n) is 6.94. The van der Waals surface area contributed by atoms with Crippen molar-refractivity contribution < 1.29 is 19.1 Å². The minimum Gasteiger partial charge on any atom is -0.493 e. The summed E-state index contributed by atoms with van der Waals surface area (Å²) in [7, 11) is 1.59. The van der Waals surface area contributed by atoms with Gasteiger partial charge in [0.05, 0.1) is 13.2 Å². The molecule has 1 heterocycles. The summed E-state index contributed by atoms with van der Waals surface area (Å²) >= 11 is 0. The van der Waals surface area contributed by atoms with Crippen molar-refractivity contribution in [1.29, 1.82) is 0 Å². The first-order valence-corrected chi connectivity index (χ1v) is 9.46. The summed E-state index contributed by atoms with van der Waals surface area (Å²) in [6, 6.07) is 12.7. The highest BCUT2D eigenvalue weighted by molar-refractivity contribution is 6.07. The average Bonchev–Trinajstić information content (AvgIpc) is 3.12. The van der Waals surface area contributed by atoms with Crippen molar-refractivity contribution in [2.45, 2.75) is 32.8 Å². The Kier molecular flexibility index (Phi) is 6.14. The van der Waals surface area contributed by atoms with Gasteiger partial charge in [-0.05, 0) is 62.8 Å². The molecule has 0 unspecified atom stereocenters. The molecule has 0 spiro atoms. The van der Waals surface area contributed by atoms with Crippen molar-refractivity contribution in [1.82, 2.24) is 0 Å². The zero-order chi connectivity index (χ0) is 20.1. The Morgan fingerprint density at radius 1 is 1.14 bits per heavy atom. The molecule has 0 radical (unpaired) electrons. The van der Waals surface area contributed by atoms with Crippen molar-refractivity contribution in [2.24, 2.45) is 0 Å². The molecular weight excluding hydrogens is 354 g/mol. The van der Waals surface area contributed by atoms with Gasteiger partial charge in [0.1, 0.15) is 0 Å². The van der Waals surface area contributed by atoms with Crippen molar-refractivity contribution in [3.05, 3.63) is 59.7 Å². The van der Waals surface area contributed by atoms with Gasteiger partial charge in [-0.2, -0.15) is 0 Å². The van der Waals surface area contributed by atoms with E-state index < -0.39 is 0 Å². The molecule has 1 aliphatic rings. The number of carbonyl (C=O) groups is 2. The fraction of sp³-hybridized carbons (Fsp3) is 0.304. The van der Waals surface area contributed by atoms with Gasteiger partial charge < -0.3 is 14.4 Å². The first-order chi connectivity index (χ1) is 13.5. The van der Waals surface area contributed by atoms with E-state index in [9.17, 15) is 9.59 Å². The second-order valence-corrected chi connectivity index (χ2v) is 6.94. The molecule has 5 heteroatoms. The third-order valence-corrected chi connectivity index (χ3v) is 4.53. The highest BCUT2D eigenvalue weighted by Gasteiger charge is 2.21. The lowest BCUT2D eigenvalue weighted by Gasteiger charge is -2.16. The summed E-state index contributed by atoms with van der Waals surface area (Å²) in [6.07, 6.45) is 4.72. The minimum absolute atomic E-state index is 0.0139. The molecule has 0 bridgehead atoms. The molecule has 1 fully saturated rings. The molecule has 2 aromatic rings. The number of methoxy groups -OCH3 is 1. The van der Waals surface area contributed by atoms with Gasteiger partial charge in [0.15, 0.2) is 17.3 Å². The summed E-state index contributed by atoms with van der Waals surface area (Å²) in [6.45, 7) is 4.62. The molecule has 0 atom stereocenters. The number of ether oxygens (including phenoxy) is 2. The lowest BCUT2D eigenvalue weighted by atomic mass is 10.1. The number of hydrogen-bond donors (Lipinski definition) is 0. The van der Waals surface area contributed by atoms with Crippen LogP contribution in [-0.2, 0) is 4.79 Å². The third-order valence-electron chi connectivity index (χ3n) is 4.53. The monoisotopic (exact) mass is 379 g/mol. The van der Waals surface area contributed by atoms with Crippen molar-refractivity contribution in [3.63, 3.8) is 0 Å². The molecule has 1 amide bonds. The zero-order valence-electron chi connectivity index (χ0n) is 16.5. The van der Waals surface area contributed by atoms with E-state index in [1.54, 1.807) is 30.2 Å². The number of anilines is 1. The maximum absolute atomic E-state index is 12.6. The van der Waals surface area contributed by atoms with Crippen LogP contribution in [0.5, 0.6) is 11.5 Å². The number of nitrogens with zero attached hydrogens (tertiary/aromatic N) is 1. The zero-order valence-corrected chi connectivity index (χ0v) is 16.5. The number of para-hydroxylation sites is 1. The van der Waals surface area contributed by atoms with Crippen molar-refractivity contribution in [2.75, 3.05) is 18.6 Å². The van der Waals surface area contributed by atoms with Gasteiger partial charge in [-0.1, -0.05) is 12.1 Å². The predicted octanol–water partition coefficient (Wildman–Crippen LogP) is 4.51. The van der Waals surface area contributed by atoms with Crippen LogP contribution in [0, 0.1) is 0 Å². The molecular formula is C23H25NO4. The number of allylic oxidation sites excluding steroid dienone is 1. The largest absolute Gasteiger partial charge is 0.493 e. The van der Waals surface area contributed by atoms with Gasteiger partial charge in [-0.25, -0.2) is 0 Å². The van der Waals surface area contributed by atoms with Gasteiger partial charge >= 0.3 is 0 Å². The molecule has 28 heavy (non-hydrogen) atoms. The molecule has 1 saturated heterocycles. The van der Waals surface area contributed by atoms with E-state index in [1.165, 1.54) is 6.08 Å². The number of ketones is 1. The highest BCUT2D eigenvalue weighted by Crippen LogP contribution is 2.33. The summed E-state index contributed by atoms with van der Waals surface area (Å²) in [5, 5.41) is 0. The number of amides is 1. The normalized spacial score (nSPS) is 14.1. The van der Waals surface area contributed by atoms with E-state index in [4.69, 9.17) is 9.47 Å². The molecule has 1 aliphatic heterocycles. The predicted molar refractivity (Wildman–Crippen MR) is 110 cm³/mol. The van der Waals surface area contributed by atoms with Crippen LogP contribution in [0.4, 0.5) is 5.69 Å². The molecule has 2 aromatic carbocycles. The SMILES string of the molecule is COc1cccc(/C=C/C(=O)c2ccc(N3CCCC3=O)cc2)c1OC(C)C. The quantitative estimate of drug-likeness (QED) is 0.525. The summed E-state index contributed by atoms with van der Waals surface area (Å²) in [5.74, 6) is 1.27. The summed E-state index contributed by atoms with van der Waals surface area (Å²) < 4.78 is 11.2. The Balaban J connectivity index is 1.77. The molecule has 0 saturated carbocycles. The molecule has 3 rings (SSSR count). The third kappa shape index (κ3) is 4.42. The molecule has 5 nitrogen and oxygen atoms in total. The van der Waals surface area contributed by atoms with Crippen molar-refractivity contribution in [3.8, 4) is 11.5 Å². The van der Waals surface area contributed by atoms with E-state index in [-0.39, 0.29) is 17.8 Å². The van der Waals surface area contributed by atoms with Crippen LogP contribution < -0.4 is 14.4 Å². The smallest absolute Gasteiger partial charge is 0.227 e. The van der Waals surface area contributed by atoms with E-state index in [0.29, 0.717) is 23.5 Å². The fourth-order valence-electron chi connectivity index (χ4n) is 3.18. The fourth-order valence-corrected chi connectivity index (χ4v) is 3.18. The Labute approximate surface area is 165 Å². The summed E-state index contributed by atoms with van der Waals surface area (Å²) in [5.41, 5.74) is 2.19. The minimum atomic E-state index is -0.113. The lowest BCUT2D eigenvalue weighted by molar-refractivity contribution is -0.117. The average molecular weight is 379 g/mol. The maximum atomic E-state index is 12.6. The van der Waals surface area contributed by atoms with Crippen LogP contribution in [0.25, 0.3) is 6.08 Å². The van der Waals surface area contributed by atoms with Gasteiger partial charge in [0, 0.05) is 29.8 Å². The van der Waals surface area contributed by atoms with E-state index in [0.717, 1.165) is 24.2 Å². The van der Waals surface area contributed by atoms with Crippen LogP contribution >= 0.6 is 0 Å². The van der Waals surface area contributed by atoms with Gasteiger partial charge in [0.25, 0.3) is 0 Å². The number of carbonyl (C=O) groups excluding carboxylic acids is 2. The van der Waals surface area contributed by atoms with Crippen LogP contribution in [0.15, 0.2) is 48.5 Å². The Morgan fingerprint density at radius 2 is 1.89 bits per heavy atom. The van der Waals surface area contributed by atoms with Crippen LogP contribution in [0.2, 0.25) is 0 Å². The number of rotatable bonds is 7. The van der Waals surface area contributed by atoms with Gasteiger partial charge in [-0.15, -0.1) is 0 Å². The first kappa shape index (κ1) is 19.7. The van der Waals surface area contributed by atoms with E-state index >= 15 is 0 Å². The Hall–Kier alpha value is -3.08. The molecule has 0 aliphatic carbocycles. The lowest BCUT2D eigenvalue weighted by Crippen LogP contribution is -2.23. The van der Waals surface area contributed by atoms with Gasteiger partial charge in [0.2, 0.25) is 5.91 Å². The second kappa shape index (κ2) is 8.74. The van der Waals surface area contributed by atoms with Crippen LogP contribution in [0.3, 0.4) is 0 Å². The van der Waals surface area contributed by atoms with E-state index in [2.05, 4.69) is 0 Å². The molecule has 0 aromatic heterocycles. The van der Waals surface area contributed by atoms with Crippen LogP contribution in [0.1, 0.15) is 42.6 Å². The standard InChI is InChI=1S/C23H25NO4/c1-16(2)28-23-18(6-4-7-21(23)27-3)11-14-20(25)17-9-12-19(13-10-17)24-15-5-8-22(24)26/h4,6-7,9-14,16H,5,8,15H2,1-3H3/b14-11+. The highest BCUT2D eigenvalue weighted by atomic mass is 16.5. The first-order valence-electron chi connectivity index (χ1n) is 9.46.